The average molecular weight is 259 g/mol. The first kappa shape index (κ1) is 13.7. The van der Waals surface area contributed by atoms with Crippen molar-refractivity contribution in [3.05, 3.63) is 36.5 Å². The molecule has 19 heavy (non-hydrogen) atoms. The van der Waals surface area contributed by atoms with E-state index >= 15 is 0 Å². The second-order valence-electron chi connectivity index (χ2n) is 4.66. The van der Waals surface area contributed by atoms with Gasteiger partial charge in [0.25, 0.3) is 0 Å². The summed E-state index contributed by atoms with van der Waals surface area (Å²) >= 11 is 0. The van der Waals surface area contributed by atoms with Gasteiger partial charge in [0, 0.05) is 11.6 Å². The first-order valence-electron chi connectivity index (χ1n) is 7.04. The highest BCUT2D eigenvalue weighted by molar-refractivity contribution is 5.57. The molecular weight excluding hydrogens is 238 g/mol. The van der Waals surface area contributed by atoms with Crippen LogP contribution in [0.3, 0.4) is 0 Å². The van der Waals surface area contributed by atoms with Gasteiger partial charge in [-0.1, -0.05) is 37.8 Å². The van der Waals surface area contributed by atoms with E-state index in [1.54, 1.807) is 6.20 Å². The second kappa shape index (κ2) is 7.62. The normalized spacial score (nSPS) is 10.6. The van der Waals surface area contributed by atoms with E-state index in [2.05, 4.69) is 12.1 Å². The zero-order chi connectivity index (χ0) is 13.3. The van der Waals surface area contributed by atoms with Crippen LogP contribution in [0.4, 0.5) is 0 Å². The zero-order valence-electron chi connectivity index (χ0n) is 11.5. The fourth-order valence-corrected chi connectivity index (χ4v) is 1.98. The Hall–Kier alpha value is -1.77. The van der Waals surface area contributed by atoms with Gasteiger partial charge in [0.1, 0.15) is 5.75 Å². The number of hydrogen-bond donors (Lipinski definition) is 0. The summed E-state index contributed by atoms with van der Waals surface area (Å²) in [6, 6.07) is 9.79. The maximum Gasteiger partial charge on any atom is 0.166 e. The van der Waals surface area contributed by atoms with Crippen molar-refractivity contribution in [1.82, 2.24) is 5.16 Å². The van der Waals surface area contributed by atoms with Gasteiger partial charge >= 0.3 is 0 Å². The quantitative estimate of drug-likeness (QED) is 0.645. The molecule has 102 valence electrons. The van der Waals surface area contributed by atoms with Crippen molar-refractivity contribution in [2.24, 2.45) is 0 Å². The molecule has 0 fully saturated rings. The Morgan fingerprint density at radius 3 is 2.47 bits per heavy atom. The lowest BCUT2D eigenvalue weighted by Gasteiger charge is -2.06. The minimum Gasteiger partial charge on any atom is -0.494 e. The molecule has 0 aliphatic rings. The Labute approximate surface area is 114 Å². The van der Waals surface area contributed by atoms with E-state index in [0.717, 1.165) is 30.1 Å². The summed E-state index contributed by atoms with van der Waals surface area (Å²) < 4.78 is 10.8. The molecule has 0 bridgehead atoms. The van der Waals surface area contributed by atoms with Gasteiger partial charge in [-0.2, -0.15) is 0 Å². The third kappa shape index (κ3) is 4.43. The Morgan fingerprint density at radius 1 is 1.00 bits per heavy atom. The molecule has 0 atom stereocenters. The Morgan fingerprint density at radius 2 is 1.79 bits per heavy atom. The topological polar surface area (TPSA) is 35.3 Å². The first-order valence-corrected chi connectivity index (χ1v) is 7.04. The summed E-state index contributed by atoms with van der Waals surface area (Å²) in [5, 5.41) is 3.70. The number of benzene rings is 1. The molecule has 3 nitrogen and oxygen atoms in total. The molecule has 0 saturated carbocycles. The molecule has 1 aromatic carbocycles. The molecule has 0 amide bonds. The van der Waals surface area contributed by atoms with Crippen molar-refractivity contribution >= 4 is 0 Å². The lowest BCUT2D eigenvalue weighted by molar-refractivity contribution is 0.304. The summed E-state index contributed by atoms with van der Waals surface area (Å²) in [7, 11) is 0. The van der Waals surface area contributed by atoms with Crippen LogP contribution in [0, 0.1) is 0 Å². The van der Waals surface area contributed by atoms with Gasteiger partial charge in [-0.15, -0.1) is 0 Å². The van der Waals surface area contributed by atoms with Gasteiger partial charge in [-0.05, 0) is 30.7 Å². The average Bonchev–Trinajstić information content (AvgIpc) is 2.97. The standard InChI is InChI=1S/C16H21NO2/c1-2-3-4-5-6-13-18-15-9-7-14(8-10-15)16-11-12-17-19-16/h7-12H,2-6,13H2,1H3. The van der Waals surface area contributed by atoms with Crippen molar-refractivity contribution < 1.29 is 9.26 Å². The maximum atomic E-state index is 5.71. The first-order chi connectivity index (χ1) is 9.40. The Kier molecular flexibility index (Phi) is 5.48. The summed E-state index contributed by atoms with van der Waals surface area (Å²) in [6.45, 7) is 3.03. The number of nitrogens with zero attached hydrogens (tertiary/aromatic N) is 1. The third-order valence-corrected chi connectivity index (χ3v) is 3.09. The van der Waals surface area contributed by atoms with Crippen LogP contribution in [0.5, 0.6) is 5.75 Å². The predicted molar refractivity (Wildman–Crippen MR) is 76.2 cm³/mol. The van der Waals surface area contributed by atoms with Crippen molar-refractivity contribution in [3.8, 4) is 17.1 Å². The van der Waals surface area contributed by atoms with Crippen LogP contribution in [-0.2, 0) is 0 Å². The lowest BCUT2D eigenvalue weighted by atomic mass is 10.1. The number of unbranched alkanes of at least 4 members (excludes halogenated alkanes) is 4. The van der Waals surface area contributed by atoms with E-state index in [0.29, 0.717) is 0 Å². The van der Waals surface area contributed by atoms with Gasteiger partial charge in [0.15, 0.2) is 5.76 Å². The highest BCUT2D eigenvalue weighted by Gasteiger charge is 2.01. The smallest absolute Gasteiger partial charge is 0.166 e. The predicted octanol–water partition coefficient (Wildman–Crippen LogP) is 4.69. The second-order valence-corrected chi connectivity index (χ2v) is 4.66. The van der Waals surface area contributed by atoms with Gasteiger partial charge in [0.05, 0.1) is 12.8 Å². The van der Waals surface area contributed by atoms with Crippen molar-refractivity contribution in [2.45, 2.75) is 39.0 Å². The van der Waals surface area contributed by atoms with Crippen LogP contribution in [0.2, 0.25) is 0 Å². The molecule has 2 rings (SSSR count). The third-order valence-electron chi connectivity index (χ3n) is 3.09. The highest BCUT2D eigenvalue weighted by atomic mass is 16.5. The lowest BCUT2D eigenvalue weighted by Crippen LogP contribution is -1.97. The minimum absolute atomic E-state index is 0.783. The highest BCUT2D eigenvalue weighted by Crippen LogP contribution is 2.21. The summed E-state index contributed by atoms with van der Waals surface area (Å²) in [4.78, 5) is 0. The van der Waals surface area contributed by atoms with E-state index in [1.807, 2.05) is 30.3 Å². The summed E-state index contributed by atoms with van der Waals surface area (Å²) in [5.41, 5.74) is 1.02. The molecular formula is C16H21NO2. The van der Waals surface area contributed by atoms with E-state index in [1.165, 1.54) is 25.7 Å². The molecule has 1 heterocycles. The van der Waals surface area contributed by atoms with Crippen LogP contribution in [-0.4, -0.2) is 11.8 Å². The molecule has 0 N–H and O–H groups in total. The molecule has 0 aliphatic carbocycles. The van der Waals surface area contributed by atoms with Crippen LogP contribution < -0.4 is 4.74 Å². The zero-order valence-corrected chi connectivity index (χ0v) is 11.5. The van der Waals surface area contributed by atoms with E-state index in [4.69, 9.17) is 9.26 Å². The van der Waals surface area contributed by atoms with Crippen molar-refractivity contribution in [1.29, 1.82) is 0 Å². The molecule has 0 unspecified atom stereocenters. The molecule has 3 heteroatoms. The van der Waals surface area contributed by atoms with Crippen molar-refractivity contribution in [3.63, 3.8) is 0 Å². The fourth-order valence-electron chi connectivity index (χ4n) is 1.98. The molecule has 0 spiro atoms. The summed E-state index contributed by atoms with van der Waals surface area (Å²) in [5.74, 6) is 1.70. The molecule has 1 aromatic heterocycles. The van der Waals surface area contributed by atoms with E-state index in [-0.39, 0.29) is 0 Å². The number of hydrogen-bond acceptors (Lipinski definition) is 3. The fraction of sp³-hybridized carbons (Fsp3) is 0.438. The van der Waals surface area contributed by atoms with Crippen LogP contribution in [0.15, 0.2) is 41.1 Å². The molecule has 0 radical (unpaired) electrons. The summed E-state index contributed by atoms with van der Waals surface area (Å²) in [6.07, 6.45) is 7.95. The number of ether oxygens (including phenoxy) is 1. The van der Waals surface area contributed by atoms with Crippen LogP contribution >= 0.6 is 0 Å². The Bertz CT molecular complexity index is 448. The van der Waals surface area contributed by atoms with Gasteiger partial charge in [0.2, 0.25) is 0 Å². The van der Waals surface area contributed by atoms with Crippen LogP contribution in [0.25, 0.3) is 11.3 Å². The van der Waals surface area contributed by atoms with E-state index in [9.17, 15) is 0 Å². The minimum atomic E-state index is 0.783. The number of aromatic nitrogens is 1. The van der Waals surface area contributed by atoms with Gasteiger partial charge < -0.3 is 9.26 Å². The SMILES string of the molecule is CCCCCCCOc1ccc(-c2ccno2)cc1. The largest absolute Gasteiger partial charge is 0.494 e. The van der Waals surface area contributed by atoms with E-state index < -0.39 is 0 Å². The molecule has 0 saturated heterocycles. The molecule has 2 aromatic rings. The Balaban J connectivity index is 1.73. The maximum absolute atomic E-state index is 5.71. The van der Waals surface area contributed by atoms with Crippen LogP contribution in [0.1, 0.15) is 39.0 Å². The number of rotatable bonds is 8. The van der Waals surface area contributed by atoms with Crippen molar-refractivity contribution in [2.75, 3.05) is 6.61 Å². The monoisotopic (exact) mass is 259 g/mol. The molecule has 0 aliphatic heterocycles. The van der Waals surface area contributed by atoms with Gasteiger partial charge in [-0.25, -0.2) is 0 Å². The van der Waals surface area contributed by atoms with Gasteiger partial charge in [-0.3, -0.25) is 0 Å².